The molecule has 2 unspecified atom stereocenters. The smallest absolute Gasteiger partial charge is 0.260 e. The van der Waals surface area contributed by atoms with Crippen molar-refractivity contribution < 1.29 is 22.3 Å². The predicted octanol–water partition coefficient (Wildman–Crippen LogP) is 4.68. The average Bonchev–Trinajstić information content (AvgIpc) is 3.51. The van der Waals surface area contributed by atoms with Gasteiger partial charge in [0.2, 0.25) is 10.0 Å². The maximum atomic E-state index is 13.7. The van der Waals surface area contributed by atoms with Gasteiger partial charge >= 0.3 is 0 Å². The molecule has 0 radical (unpaired) electrons. The maximum Gasteiger partial charge on any atom is 0.260 e. The van der Waals surface area contributed by atoms with Crippen LogP contribution in [0.2, 0.25) is 0 Å². The van der Waals surface area contributed by atoms with Crippen LogP contribution >= 0.6 is 11.3 Å². The van der Waals surface area contributed by atoms with Gasteiger partial charge in [-0.25, -0.2) is 17.8 Å². The summed E-state index contributed by atoms with van der Waals surface area (Å²) in [5.74, 6) is -0.326. The van der Waals surface area contributed by atoms with Crippen LogP contribution in [-0.4, -0.2) is 56.0 Å². The summed E-state index contributed by atoms with van der Waals surface area (Å²) >= 11 is 1.25. The summed E-state index contributed by atoms with van der Waals surface area (Å²) in [4.78, 5) is 19.9. The van der Waals surface area contributed by atoms with Crippen molar-refractivity contribution >= 4 is 42.6 Å². The van der Waals surface area contributed by atoms with Crippen molar-refractivity contribution in [1.82, 2.24) is 9.29 Å². The number of amides is 1. The van der Waals surface area contributed by atoms with E-state index in [4.69, 9.17) is 4.74 Å². The largest absolute Gasteiger partial charge is 0.376 e. The van der Waals surface area contributed by atoms with Gasteiger partial charge in [-0.2, -0.15) is 4.31 Å². The van der Waals surface area contributed by atoms with E-state index in [1.54, 1.807) is 23.1 Å². The van der Waals surface area contributed by atoms with Gasteiger partial charge in [-0.15, -0.1) is 0 Å². The van der Waals surface area contributed by atoms with Crippen LogP contribution < -0.4 is 4.90 Å². The van der Waals surface area contributed by atoms with E-state index in [0.717, 1.165) is 25.7 Å². The molecule has 0 spiro atoms. The molecule has 0 aliphatic carbocycles. The van der Waals surface area contributed by atoms with Crippen LogP contribution in [0.15, 0.2) is 47.4 Å². The van der Waals surface area contributed by atoms with Crippen LogP contribution in [0.4, 0.5) is 9.52 Å². The third-order valence-corrected chi connectivity index (χ3v) is 9.50. The quantitative estimate of drug-likeness (QED) is 0.474. The van der Waals surface area contributed by atoms with Crippen molar-refractivity contribution in [3.8, 4) is 0 Å². The third-order valence-electron chi connectivity index (χ3n) is 6.58. The molecule has 1 amide bonds. The number of carbonyl (C=O) groups is 1. The fourth-order valence-electron chi connectivity index (χ4n) is 4.68. The lowest BCUT2D eigenvalue weighted by molar-refractivity contribution is 0.0917. The highest BCUT2D eigenvalue weighted by Crippen LogP contribution is 2.32. The molecule has 2 aliphatic rings. The molecule has 2 fully saturated rings. The number of piperidine rings is 1. The first-order chi connectivity index (χ1) is 16.8. The van der Waals surface area contributed by atoms with Gasteiger partial charge in [0.15, 0.2) is 5.13 Å². The molecule has 2 atom stereocenters. The number of ether oxygens (including phenoxy) is 1. The monoisotopic (exact) mass is 517 g/mol. The van der Waals surface area contributed by atoms with Crippen molar-refractivity contribution in [2.45, 2.75) is 43.6 Å². The van der Waals surface area contributed by atoms with Crippen LogP contribution in [-0.2, 0) is 14.8 Å². The van der Waals surface area contributed by atoms with E-state index in [2.05, 4.69) is 11.9 Å². The molecule has 0 N–H and O–H groups in total. The lowest BCUT2D eigenvalue weighted by Gasteiger charge is -2.30. The zero-order valence-electron chi connectivity index (χ0n) is 19.5. The minimum absolute atomic E-state index is 0.108. The minimum Gasteiger partial charge on any atom is -0.376 e. The predicted molar refractivity (Wildman–Crippen MR) is 134 cm³/mol. The summed E-state index contributed by atoms with van der Waals surface area (Å²) in [6.45, 7) is 4.06. The van der Waals surface area contributed by atoms with E-state index < -0.39 is 10.0 Å². The second-order valence-corrected chi connectivity index (χ2v) is 12.2. The first kappa shape index (κ1) is 24.3. The van der Waals surface area contributed by atoms with Gasteiger partial charge < -0.3 is 4.74 Å². The molecule has 3 heterocycles. The SMILES string of the molecule is CC1CCCN(S(=O)(=O)c2ccc(C(=O)N(CC3CCCO3)c3nc4ccc(F)cc4s3)cc2)C1. The van der Waals surface area contributed by atoms with E-state index in [0.29, 0.717) is 53.1 Å². The Bertz CT molecular complexity index is 1320. The first-order valence-corrected chi connectivity index (χ1v) is 14.2. The van der Waals surface area contributed by atoms with Crippen LogP contribution in [0.5, 0.6) is 0 Å². The fourth-order valence-corrected chi connectivity index (χ4v) is 7.28. The molecule has 5 rings (SSSR count). The van der Waals surface area contributed by atoms with Crippen molar-refractivity contribution in [2.24, 2.45) is 5.92 Å². The van der Waals surface area contributed by atoms with E-state index in [1.165, 1.54) is 39.9 Å². The molecule has 0 saturated carbocycles. The third kappa shape index (κ3) is 5.11. The molecule has 2 aromatic carbocycles. The summed E-state index contributed by atoms with van der Waals surface area (Å²) in [5.41, 5.74) is 0.980. The van der Waals surface area contributed by atoms with Gasteiger partial charge in [-0.1, -0.05) is 18.3 Å². The fraction of sp³-hybridized carbons (Fsp3) is 0.440. The van der Waals surface area contributed by atoms with Crippen LogP contribution in [0.25, 0.3) is 10.2 Å². The summed E-state index contributed by atoms with van der Waals surface area (Å²) in [6, 6.07) is 10.5. The number of hydrogen-bond acceptors (Lipinski definition) is 6. The topological polar surface area (TPSA) is 79.8 Å². The van der Waals surface area contributed by atoms with Gasteiger partial charge in [0.25, 0.3) is 5.91 Å². The second-order valence-electron chi connectivity index (χ2n) is 9.29. The Kier molecular flexibility index (Phi) is 6.89. The molecule has 2 aliphatic heterocycles. The summed E-state index contributed by atoms with van der Waals surface area (Å²) < 4.78 is 47.9. The Hall–Kier alpha value is -2.40. The zero-order valence-corrected chi connectivity index (χ0v) is 21.2. The standard InChI is InChI=1S/C25H28FN3O4S2/c1-17-4-2-12-28(15-17)35(31,32)21-9-6-18(7-10-21)24(30)29(16-20-5-3-13-33-20)25-27-22-11-8-19(26)14-23(22)34-25/h6-11,14,17,20H,2-5,12-13,15-16H2,1H3. The zero-order chi connectivity index (χ0) is 24.6. The molecule has 1 aromatic heterocycles. The van der Waals surface area contributed by atoms with Crippen molar-refractivity contribution in [2.75, 3.05) is 31.1 Å². The molecule has 186 valence electrons. The van der Waals surface area contributed by atoms with Crippen molar-refractivity contribution in [3.63, 3.8) is 0 Å². The average molecular weight is 518 g/mol. The number of thiazole rings is 1. The molecular weight excluding hydrogens is 489 g/mol. The van der Waals surface area contributed by atoms with Crippen LogP contribution in [0.3, 0.4) is 0 Å². The van der Waals surface area contributed by atoms with Gasteiger partial charge in [0, 0.05) is 25.3 Å². The number of hydrogen-bond donors (Lipinski definition) is 0. The molecule has 3 aromatic rings. The number of halogens is 1. The number of nitrogens with zero attached hydrogens (tertiary/aromatic N) is 3. The van der Waals surface area contributed by atoms with Crippen molar-refractivity contribution in [1.29, 1.82) is 0 Å². The molecule has 0 bridgehead atoms. The number of aromatic nitrogens is 1. The van der Waals surface area contributed by atoms with Gasteiger partial charge in [-0.05, 0) is 74.1 Å². The van der Waals surface area contributed by atoms with E-state index in [-0.39, 0.29) is 22.7 Å². The molecule has 2 saturated heterocycles. The lowest BCUT2D eigenvalue weighted by Crippen LogP contribution is -2.39. The van der Waals surface area contributed by atoms with Gasteiger partial charge in [0.05, 0.1) is 27.8 Å². The summed E-state index contributed by atoms with van der Waals surface area (Å²) in [6.07, 6.45) is 3.54. The number of anilines is 1. The number of benzene rings is 2. The van der Waals surface area contributed by atoms with Crippen LogP contribution in [0.1, 0.15) is 43.0 Å². The molecule has 35 heavy (non-hydrogen) atoms. The Balaban J connectivity index is 1.42. The Morgan fingerprint density at radius 1 is 1.20 bits per heavy atom. The maximum absolute atomic E-state index is 13.7. The molecular formula is C25H28FN3O4S2. The Labute approximate surface area is 208 Å². The molecule has 10 heteroatoms. The normalized spacial score (nSPS) is 21.4. The van der Waals surface area contributed by atoms with E-state index in [9.17, 15) is 17.6 Å². The number of sulfonamides is 1. The van der Waals surface area contributed by atoms with Crippen LogP contribution in [0, 0.1) is 11.7 Å². The summed E-state index contributed by atoms with van der Waals surface area (Å²) in [7, 11) is -3.61. The van der Waals surface area contributed by atoms with Crippen molar-refractivity contribution in [3.05, 3.63) is 53.8 Å². The Morgan fingerprint density at radius 2 is 2.00 bits per heavy atom. The highest BCUT2D eigenvalue weighted by molar-refractivity contribution is 7.89. The number of carbonyl (C=O) groups excluding carboxylic acids is 1. The van der Waals surface area contributed by atoms with E-state index in [1.807, 2.05) is 0 Å². The highest BCUT2D eigenvalue weighted by atomic mass is 32.2. The number of fused-ring (bicyclic) bond motifs is 1. The van der Waals surface area contributed by atoms with E-state index >= 15 is 0 Å². The lowest BCUT2D eigenvalue weighted by atomic mass is 10.0. The Morgan fingerprint density at radius 3 is 2.71 bits per heavy atom. The minimum atomic E-state index is -3.61. The highest BCUT2D eigenvalue weighted by Gasteiger charge is 2.30. The second kappa shape index (κ2) is 9.93. The van der Waals surface area contributed by atoms with Gasteiger partial charge in [0.1, 0.15) is 5.82 Å². The number of rotatable bonds is 6. The first-order valence-electron chi connectivity index (χ1n) is 11.9. The molecule has 7 nitrogen and oxygen atoms in total. The van der Waals surface area contributed by atoms with Gasteiger partial charge in [-0.3, -0.25) is 9.69 Å². The summed E-state index contributed by atoms with van der Waals surface area (Å²) in [5, 5.41) is 0.463.